The van der Waals surface area contributed by atoms with Crippen LogP contribution in [0.2, 0.25) is 0 Å². The maximum atomic E-state index is 10.8. The number of unbranched alkanes of at least 4 members (excludes halogenated alkanes) is 9. The molecule has 2 saturated heterocycles. The van der Waals surface area contributed by atoms with Crippen LogP contribution < -0.4 is 0 Å². The highest BCUT2D eigenvalue weighted by atomic mass is 32.3. The van der Waals surface area contributed by atoms with E-state index in [0.717, 1.165) is 19.3 Å². The molecule has 24 heavy (non-hydrogen) atoms. The van der Waals surface area contributed by atoms with Crippen molar-refractivity contribution in [2.24, 2.45) is 0 Å². The van der Waals surface area contributed by atoms with Crippen molar-refractivity contribution in [3.05, 3.63) is 0 Å². The van der Waals surface area contributed by atoms with E-state index in [1.165, 1.54) is 38.5 Å². The van der Waals surface area contributed by atoms with Crippen LogP contribution >= 0.6 is 0 Å². The van der Waals surface area contributed by atoms with E-state index >= 15 is 0 Å². The standard InChI is InChI=1S/C15H28O8S/c1-2-3-4-5-6-7-8-9-10-11-12-13(16)14(17,21-13)15(18)22-24(19,20)23-15/h16-18H,2-12H2,1H3. The minimum Gasteiger partial charge on any atom is -0.361 e. The highest BCUT2D eigenvalue weighted by molar-refractivity contribution is 7.82. The summed E-state index contributed by atoms with van der Waals surface area (Å²) in [5.41, 5.74) is 0. The van der Waals surface area contributed by atoms with Gasteiger partial charge in [0.1, 0.15) is 0 Å². The van der Waals surface area contributed by atoms with Crippen LogP contribution in [0.25, 0.3) is 0 Å². The Bertz CT molecular complexity index is 510. The molecule has 2 fully saturated rings. The number of aliphatic hydroxyl groups is 3. The van der Waals surface area contributed by atoms with Crippen LogP contribution in [-0.4, -0.2) is 41.3 Å². The Morgan fingerprint density at radius 3 is 1.71 bits per heavy atom. The second-order valence-electron chi connectivity index (χ2n) is 6.62. The Kier molecular flexibility index (Phi) is 6.28. The third-order valence-corrected chi connectivity index (χ3v) is 5.39. The summed E-state index contributed by atoms with van der Waals surface area (Å²) in [6, 6.07) is 0. The minimum atomic E-state index is -4.33. The van der Waals surface area contributed by atoms with Crippen molar-refractivity contribution in [2.75, 3.05) is 0 Å². The molecule has 2 heterocycles. The van der Waals surface area contributed by atoms with E-state index in [0.29, 0.717) is 6.42 Å². The predicted molar refractivity (Wildman–Crippen MR) is 83.5 cm³/mol. The van der Waals surface area contributed by atoms with Crippen molar-refractivity contribution in [1.29, 1.82) is 0 Å². The van der Waals surface area contributed by atoms with Gasteiger partial charge in [0.2, 0.25) is 5.79 Å². The quantitative estimate of drug-likeness (QED) is 0.351. The summed E-state index contributed by atoms with van der Waals surface area (Å²) in [4.78, 5) is 0. The molecule has 0 spiro atoms. The molecule has 0 aliphatic carbocycles. The zero-order valence-electron chi connectivity index (χ0n) is 14.1. The molecule has 2 rings (SSSR count). The van der Waals surface area contributed by atoms with Gasteiger partial charge in [-0.05, 0) is 6.42 Å². The number of hydrogen-bond acceptors (Lipinski definition) is 8. The average molecular weight is 368 g/mol. The van der Waals surface area contributed by atoms with Crippen LogP contribution in [0.1, 0.15) is 77.6 Å². The van der Waals surface area contributed by atoms with Gasteiger partial charge in [0.05, 0.1) is 0 Å². The summed E-state index contributed by atoms with van der Waals surface area (Å²) in [6.45, 7) is 2.19. The first kappa shape index (κ1) is 20.0. The third kappa shape index (κ3) is 4.27. The highest BCUT2D eigenvalue weighted by Gasteiger charge is 2.86. The molecular weight excluding hydrogens is 340 g/mol. The van der Waals surface area contributed by atoms with Crippen molar-refractivity contribution >= 4 is 10.4 Å². The molecule has 9 heteroatoms. The van der Waals surface area contributed by atoms with Gasteiger partial charge >= 0.3 is 22.2 Å². The fraction of sp³-hybridized carbons (Fsp3) is 1.00. The van der Waals surface area contributed by atoms with Crippen LogP contribution in [0.5, 0.6) is 0 Å². The minimum absolute atomic E-state index is 0.0507. The third-order valence-electron chi connectivity index (χ3n) is 4.53. The lowest BCUT2D eigenvalue weighted by molar-refractivity contribution is -0.399. The molecule has 2 aliphatic heterocycles. The fourth-order valence-corrected chi connectivity index (χ4v) is 3.79. The van der Waals surface area contributed by atoms with Gasteiger partial charge in [-0.1, -0.05) is 64.7 Å². The second-order valence-corrected chi connectivity index (χ2v) is 7.77. The largest absolute Gasteiger partial charge is 0.409 e. The second kappa shape index (κ2) is 7.53. The zero-order valence-corrected chi connectivity index (χ0v) is 14.9. The maximum Gasteiger partial charge on any atom is 0.409 e. The molecule has 0 aromatic carbocycles. The molecule has 0 saturated carbocycles. The normalized spacial score (nSPS) is 33.2. The average Bonchev–Trinajstić information content (AvgIpc) is 3.03. The van der Waals surface area contributed by atoms with Gasteiger partial charge in [0.15, 0.2) is 0 Å². The summed E-state index contributed by atoms with van der Waals surface area (Å²) < 4.78 is 34.5. The van der Waals surface area contributed by atoms with Crippen molar-refractivity contribution in [1.82, 2.24) is 0 Å². The molecule has 2 aliphatic rings. The van der Waals surface area contributed by atoms with E-state index in [2.05, 4.69) is 15.3 Å². The molecule has 142 valence electrons. The van der Waals surface area contributed by atoms with Crippen molar-refractivity contribution in [3.63, 3.8) is 0 Å². The van der Waals surface area contributed by atoms with Crippen LogP contribution in [0.3, 0.4) is 0 Å². The first-order chi connectivity index (χ1) is 11.2. The van der Waals surface area contributed by atoms with Crippen LogP contribution in [0.15, 0.2) is 0 Å². The Hall–Kier alpha value is -0.290. The Morgan fingerprint density at radius 2 is 1.25 bits per heavy atom. The molecule has 0 bridgehead atoms. The molecule has 2 atom stereocenters. The lowest BCUT2D eigenvalue weighted by Crippen LogP contribution is -2.62. The molecule has 0 aromatic rings. The van der Waals surface area contributed by atoms with Gasteiger partial charge in [-0.25, -0.2) is 0 Å². The fourth-order valence-electron chi connectivity index (χ4n) is 3.00. The van der Waals surface area contributed by atoms with E-state index in [1.54, 1.807) is 0 Å². The Balaban J connectivity index is 1.56. The van der Waals surface area contributed by atoms with Gasteiger partial charge in [0, 0.05) is 6.42 Å². The Morgan fingerprint density at radius 1 is 0.792 bits per heavy atom. The molecule has 0 aromatic heterocycles. The number of rotatable bonds is 12. The first-order valence-electron chi connectivity index (χ1n) is 8.71. The van der Waals surface area contributed by atoms with Gasteiger partial charge in [-0.15, -0.1) is 0 Å². The SMILES string of the molecule is CCCCCCCCCCCCC1(O)OC1(O)C1(O)OS(=O)(=O)O1. The number of ether oxygens (including phenoxy) is 1. The summed E-state index contributed by atoms with van der Waals surface area (Å²) in [6.07, 6.45) is 11.1. The summed E-state index contributed by atoms with van der Waals surface area (Å²) in [7, 11) is -4.33. The number of epoxide rings is 1. The van der Waals surface area contributed by atoms with Crippen LogP contribution in [0, 0.1) is 0 Å². The van der Waals surface area contributed by atoms with E-state index in [9.17, 15) is 23.7 Å². The predicted octanol–water partition coefficient (Wildman–Crippen LogP) is 1.64. The van der Waals surface area contributed by atoms with Gasteiger partial charge in [-0.3, -0.25) is 0 Å². The monoisotopic (exact) mass is 368 g/mol. The first-order valence-corrected chi connectivity index (χ1v) is 10.0. The Labute approximate surface area is 143 Å². The molecule has 8 nitrogen and oxygen atoms in total. The topological polar surface area (TPSA) is 126 Å². The van der Waals surface area contributed by atoms with Crippen molar-refractivity contribution in [2.45, 2.75) is 95.1 Å². The van der Waals surface area contributed by atoms with Crippen molar-refractivity contribution < 1.29 is 36.8 Å². The van der Waals surface area contributed by atoms with Crippen LogP contribution in [0.4, 0.5) is 0 Å². The van der Waals surface area contributed by atoms with E-state index in [-0.39, 0.29) is 6.42 Å². The molecule has 0 radical (unpaired) electrons. The zero-order chi connectivity index (χ0) is 17.9. The summed E-state index contributed by atoms with van der Waals surface area (Å²) in [5, 5.41) is 29.7. The number of hydrogen-bond donors (Lipinski definition) is 3. The molecule has 0 amide bonds. The lowest BCUT2D eigenvalue weighted by atomic mass is 10.0. The summed E-state index contributed by atoms with van der Waals surface area (Å²) >= 11 is 0. The maximum absolute atomic E-state index is 10.8. The highest BCUT2D eigenvalue weighted by Crippen LogP contribution is 2.58. The van der Waals surface area contributed by atoms with E-state index < -0.39 is 27.9 Å². The molecule has 2 unspecified atom stereocenters. The van der Waals surface area contributed by atoms with Gasteiger partial charge < -0.3 is 20.1 Å². The molecular formula is C15H28O8S. The lowest BCUT2D eigenvalue weighted by Gasteiger charge is -2.35. The van der Waals surface area contributed by atoms with Gasteiger partial charge in [0.25, 0.3) is 0 Å². The van der Waals surface area contributed by atoms with Crippen LogP contribution in [-0.2, 0) is 23.5 Å². The molecule has 3 N–H and O–H groups in total. The van der Waals surface area contributed by atoms with E-state index in [4.69, 9.17) is 4.74 Å². The van der Waals surface area contributed by atoms with E-state index in [1.807, 2.05) is 0 Å². The summed E-state index contributed by atoms with van der Waals surface area (Å²) in [5.74, 6) is -7.51. The van der Waals surface area contributed by atoms with Gasteiger partial charge in [-0.2, -0.15) is 16.8 Å². The van der Waals surface area contributed by atoms with Crippen molar-refractivity contribution in [3.8, 4) is 0 Å². The smallest absolute Gasteiger partial charge is 0.361 e.